The lowest BCUT2D eigenvalue weighted by Gasteiger charge is -2.49. The maximum absolute atomic E-state index is 13.1. The lowest BCUT2D eigenvalue weighted by Crippen LogP contribution is -2.59. The van der Waals surface area contributed by atoms with Crippen LogP contribution in [0.25, 0.3) is 0 Å². The fraction of sp³-hybridized carbons (Fsp3) is 0.650. The van der Waals surface area contributed by atoms with Crippen molar-refractivity contribution in [3.63, 3.8) is 0 Å². The van der Waals surface area contributed by atoms with E-state index < -0.39 is 5.41 Å². The van der Waals surface area contributed by atoms with Gasteiger partial charge in [-0.25, -0.2) is 5.26 Å². The van der Waals surface area contributed by atoms with Gasteiger partial charge in [0.05, 0.1) is 29.5 Å². The number of carbonyl (C=O) groups excluding carboxylic acids is 1. The molecule has 2 atom stereocenters. The molecule has 5 rings (SSSR count). The Hall–Kier alpha value is -1.49. The summed E-state index contributed by atoms with van der Waals surface area (Å²) < 4.78 is 6.77. The minimum absolute atomic E-state index is 0.194. The maximum atomic E-state index is 13.1. The van der Waals surface area contributed by atoms with E-state index in [1.165, 1.54) is 6.42 Å². The molecular weight excluding hydrogens is 408 g/mol. The minimum Gasteiger partial charge on any atom is -0.376 e. The summed E-state index contributed by atoms with van der Waals surface area (Å²) in [4.78, 5) is 22.3. The molecule has 1 aromatic rings. The zero-order valence-corrected chi connectivity index (χ0v) is 17.4. The number of pyridine rings is 1. The summed E-state index contributed by atoms with van der Waals surface area (Å²) in [6.45, 7) is 9.52. The number of nitriles is 1. The number of anilines is 1. The first-order chi connectivity index (χ1) is 12.9. The highest BCUT2D eigenvalue weighted by Crippen LogP contribution is 2.46. The Balaban J connectivity index is 0.000000872. The zero-order chi connectivity index (χ0) is 19.3. The quantitative estimate of drug-likeness (QED) is 0.718. The normalized spacial score (nSPS) is 33.8. The Bertz CT molecular complexity index is 774. The van der Waals surface area contributed by atoms with Crippen molar-refractivity contribution in [1.82, 2.24) is 9.88 Å². The Labute approximate surface area is 168 Å². The van der Waals surface area contributed by atoms with Gasteiger partial charge in [-0.05, 0) is 61.5 Å². The number of rotatable bonds is 2. The van der Waals surface area contributed by atoms with Crippen LogP contribution in [0.5, 0.6) is 0 Å². The highest BCUT2D eigenvalue weighted by molar-refractivity contribution is 9.10. The number of piperidine rings is 1. The molecule has 3 fully saturated rings. The first-order valence-electron chi connectivity index (χ1n) is 9.58. The average molecular weight is 433 g/mol. The van der Waals surface area contributed by atoms with E-state index in [0.29, 0.717) is 24.2 Å². The second-order valence-electron chi connectivity index (χ2n) is 8.47. The topological polar surface area (TPSA) is 69.5 Å². The molecule has 4 heterocycles. The molecule has 2 unspecified atom stereocenters. The molecule has 2 saturated heterocycles. The third-order valence-corrected chi connectivity index (χ3v) is 7.03. The van der Waals surface area contributed by atoms with Crippen molar-refractivity contribution in [3.8, 4) is 6.57 Å². The molecule has 0 aromatic carbocycles. The number of hydrogen-bond donors (Lipinski definition) is 0. The Kier molecular flexibility index (Phi) is 4.77. The molecule has 1 aromatic heterocycles. The van der Waals surface area contributed by atoms with Crippen LogP contribution < -0.4 is 4.90 Å². The van der Waals surface area contributed by atoms with E-state index in [0.717, 1.165) is 48.3 Å². The second-order valence-corrected chi connectivity index (χ2v) is 9.39. The van der Waals surface area contributed by atoms with Crippen molar-refractivity contribution in [1.29, 1.82) is 5.26 Å². The Morgan fingerprint density at radius 3 is 2.74 bits per heavy atom. The molecule has 0 N–H and O–H groups in total. The van der Waals surface area contributed by atoms with Crippen LogP contribution in [-0.4, -0.2) is 53.2 Å². The van der Waals surface area contributed by atoms with Crippen LogP contribution in [0.15, 0.2) is 16.7 Å². The van der Waals surface area contributed by atoms with Gasteiger partial charge in [0, 0.05) is 41.9 Å². The van der Waals surface area contributed by atoms with E-state index in [2.05, 4.69) is 38.5 Å². The molecule has 3 aliphatic heterocycles. The summed E-state index contributed by atoms with van der Waals surface area (Å²) in [5.41, 5.74) is 1.38. The van der Waals surface area contributed by atoms with Crippen LogP contribution in [-0.2, 0) is 14.9 Å². The van der Waals surface area contributed by atoms with Crippen LogP contribution in [0.2, 0.25) is 0 Å². The van der Waals surface area contributed by atoms with E-state index in [1.54, 1.807) is 6.20 Å². The average Bonchev–Trinajstić information content (AvgIpc) is 3.08. The zero-order valence-electron chi connectivity index (χ0n) is 15.8. The van der Waals surface area contributed by atoms with Crippen molar-refractivity contribution >= 4 is 27.5 Å². The summed E-state index contributed by atoms with van der Waals surface area (Å²) >= 11 is 3.51. The number of halogens is 1. The van der Waals surface area contributed by atoms with Crippen LogP contribution in [0.3, 0.4) is 0 Å². The van der Waals surface area contributed by atoms with Gasteiger partial charge in [0.1, 0.15) is 0 Å². The third kappa shape index (κ3) is 2.89. The van der Waals surface area contributed by atoms with Gasteiger partial charge < -0.3 is 9.64 Å². The highest BCUT2D eigenvalue weighted by Gasteiger charge is 2.52. The molecule has 0 spiro atoms. The fourth-order valence-corrected chi connectivity index (χ4v) is 5.40. The van der Waals surface area contributed by atoms with Gasteiger partial charge in [0.15, 0.2) is 0 Å². The van der Waals surface area contributed by atoms with Gasteiger partial charge in [-0.2, -0.15) is 0 Å². The number of hydrogen-bond acceptors (Lipinski definition) is 5. The standard InChI is InChI=1S/C19H24BrN3O2.CHN/c1-19(2)17-16(5-11(20)9-21-17)23(18(19)24)13-6-12(7-13)22-4-3-15-8-14(22)10-25-15;1-2/h5,9,12-15H,3-4,6-8,10H2,1-2H3;1H. The summed E-state index contributed by atoms with van der Waals surface area (Å²) in [5.74, 6) is 0.194. The lowest BCUT2D eigenvalue weighted by atomic mass is 9.81. The predicted octanol–water partition coefficient (Wildman–Crippen LogP) is 3.00. The van der Waals surface area contributed by atoms with Crippen molar-refractivity contribution in [2.45, 2.75) is 69.2 Å². The lowest BCUT2D eigenvalue weighted by molar-refractivity contribution is -0.123. The van der Waals surface area contributed by atoms with Crippen LogP contribution in [0.4, 0.5) is 5.69 Å². The monoisotopic (exact) mass is 432 g/mol. The van der Waals surface area contributed by atoms with Crippen molar-refractivity contribution < 1.29 is 9.53 Å². The fourth-order valence-electron chi connectivity index (χ4n) is 5.08. The predicted molar refractivity (Wildman–Crippen MR) is 105 cm³/mol. The van der Waals surface area contributed by atoms with Crippen molar-refractivity contribution in [2.75, 3.05) is 18.1 Å². The van der Waals surface area contributed by atoms with Crippen LogP contribution >= 0.6 is 15.9 Å². The first kappa shape index (κ1) is 18.9. The number of aromatic nitrogens is 1. The molecule has 0 radical (unpaired) electrons. The summed E-state index contributed by atoms with van der Waals surface area (Å²) in [6, 6.07) is 3.55. The number of nitrogens with zero attached hydrogens (tertiary/aromatic N) is 4. The SMILES string of the molecule is C#N.CC1(C)C(=O)N(C2CC(N3CCC4CC3CO4)C2)c2cc(Br)cnc21. The first-order valence-corrected chi connectivity index (χ1v) is 10.4. The molecule has 4 aliphatic rings. The van der Waals surface area contributed by atoms with E-state index >= 15 is 0 Å². The number of likely N-dealkylation sites (tertiary alicyclic amines) is 1. The van der Waals surface area contributed by atoms with E-state index in [1.807, 2.05) is 18.7 Å². The highest BCUT2D eigenvalue weighted by atomic mass is 79.9. The van der Waals surface area contributed by atoms with Crippen molar-refractivity contribution in [3.05, 3.63) is 22.4 Å². The molecule has 1 amide bonds. The summed E-state index contributed by atoms with van der Waals surface area (Å²) in [6.07, 6.45) is 6.77. The van der Waals surface area contributed by atoms with Gasteiger partial charge >= 0.3 is 0 Å². The molecule has 27 heavy (non-hydrogen) atoms. The Morgan fingerprint density at radius 1 is 1.26 bits per heavy atom. The molecule has 2 bridgehead atoms. The van der Waals surface area contributed by atoms with E-state index in [9.17, 15) is 4.79 Å². The smallest absolute Gasteiger partial charge is 0.239 e. The van der Waals surface area contributed by atoms with Gasteiger partial charge in [0.25, 0.3) is 0 Å². The minimum atomic E-state index is -0.529. The van der Waals surface area contributed by atoms with E-state index in [-0.39, 0.29) is 5.91 Å². The van der Waals surface area contributed by atoms with E-state index in [4.69, 9.17) is 10.00 Å². The van der Waals surface area contributed by atoms with Gasteiger partial charge in [-0.1, -0.05) is 0 Å². The number of fused-ring (bicyclic) bond motifs is 3. The molecule has 1 saturated carbocycles. The van der Waals surface area contributed by atoms with Crippen LogP contribution in [0.1, 0.15) is 45.2 Å². The molecule has 6 nitrogen and oxygen atoms in total. The number of amides is 1. The number of ether oxygens (including phenoxy) is 1. The summed E-state index contributed by atoms with van der Waals surface area (Å²) in [7, 11) is 0. The Morgan fingerprint density at radius 2 is 2.00 bits per heavy atom. The van der Waals surface area contributed by atoms with Crippen LogP contribution in [0, 0.1) is 11.8 Å². The van der Waals surface area contributed by atoms with Gasteiger partial charge in [-0.15, -0.1) is 0 Å². The molecule has 1 aliphatic carbocycles. The largest absolute Gasteiger partial charge is 0.376 e. The maximum Gasteiger partial charge on any atom is 0.239 e. The molecule has 7 heteroatoms. The van der Waals surface area contributed by atoms with Gasteiger partial charge in [-0.3, -0.25) is 14.7 Å². The molecule has 144 valence electrons. The summed E-state index contributed by atoms with van der Waals surface area (Å²) in [5, 5.41) is 6.50. The van der Waals surface area contributed by atoms with Gasteiger partial charge in [0.2, 0.25) is 5.91 Å². The molecular formula is C20H25BrN4O2. The third-order valence-electron chi connectivity index (χ3n) is 6.60. The van der Waals surface area contributed by atoms with Crippen molar-refractivity contribution in [2.24, 2.45) is 0 Å². The number of carbonyl (C=O) groups is 1. The second kappa shape index (κ2) is 6.84.